The molecule has 0 atom stereocenters. The van der Waals surface area contributed by atoms with Crippen molar-refractivity contribution in [2.24, 2.45) is 0 Å². The minimum atomic E-state index is -2.14. The van der Waals surface area contributed by atoms with Crippen molar-refractivity contribution >= 4 is 16.2 Å². The predicted octanol–water partition coefficient (Wildman–Crippen LogP) is -0.259. The van der Waals surface area contributed by atoms with Gasteiger partial charge in [0.2, 0.25) is 0 Å². The van der Waals surface area contributed by atoms with E-state index in [0.717, 1.165) is 0 Å². The van der Waals surface area contributed by atoms with Crippen LogP contribution >= 0.6 is 0 Å². The molecule has 0 bridgehead atoms. The monoisotopic (exact) mass is 95.0 g/mol. The van der Waals surface area contributed by atoms with E-state index < -0.39 is 10.7 Å². The summed E-state index contributed by atoms with van der Waals surface area (Å²) in [6.07, 6.45) is 0. The second-order valence-electron chi connectivity index (χ2n) is 0.382. The maximum Gasteiger partial charge on any atom is -0.0339 e. The lowest BCUT2D eigenvalue weighted by molar-refractivity contribution is 0.524. The fourth-order valence-corrected chi connectivity index (χ4v) is 0. The van der Waals surface area contributed by atoms with E-state index in [4.69, 9.17) is 9.66 Å². The van der Waals surface area contributed by atoms with Crippen LogP contribution in [0.2, 0.25) is 0 Å². The molecular weight excluding hydrogens is 92.1 g/mol. The number of hydrogen-bond donors (Lipinski definition) is 2. The van der Waals surface area contributed by atoms with Crippen LogP contribution in [0.25, 0.3) is 0 Å². The largest absolute Gasteiger partial charge is 0.465 e. The van der Waals surface area contributed by atoms with Crippen molar-refractivity contribution in [2.75, 3.05) is 0 Å². The van der Waals surface area contributed by atoms with Crippen LogP contribution in [0.1, 0.15) is 0 Å². The highest BCUT2D eigenvalue weighted by atomic mass is 32.2. The van der Waals surface area contributed by atoms with E-state index in [-0.39, 0.29) is 5.55 Å². The Kier molecular flexibility index (Phi) is 2.17. The molecule has 0 aromatic carbocycles. The summed E-state index contributed by atoms with van der Waals surface area (Å²) < 4.78 is 16.7. The van der Waals surface area contributed by atoms with Gasteiger partial charge in [-0.2, -0.15) is 0 Å². The minimum Gasteiger partial charge on any atom is -0.465 e. The molecule has 0 amide bonds. The molecule has 5 heavy (non-hydrogen) atoms. The van der Waals surface area contributed by atoms with Crippen molar-refractivity contribution in [1.82, 2.24) is 0 Å². The van der Waals surface area contributed by atoms with Gasteiger partial charge in [0.05, 0.1) is 0 Å². The average molecular weight is 95.1 g/mol. The lowest BCUT2D eigenvalue weighted by Crippen LogP contribution is -1.71. The van der Waals surface area contributed by atoms with E-state index >= 15 is 0 Å². The summed E-state index contributed by atoms with van der Waals surface area (Å²) in [6.45, 7) is 0. The Morgan fingerprint density at radius 3 is 2.00 bits per heavy atom. The Morgan fingerprint density at radius 1 is 1.80 bits per heavy atom. The first-order chi connectivity index (χ1) is 2.27. The Labute approximate surface area is 31.1 Å². The van der Waals surface area contributed by atoms with E-state index in [1.54, 1.807) is 0 Å². The maximum absolute atomic E-state index is 9.17. The van der Waals surface area contributed by atoms with Crippen molar-refractivity contribution in [1.29, 1.82) is 0 Å². The summed E-state index contributed by atoms with van der Waals surface area (Å²) >= 11 is 0. The third-order valence-electron chi connectivity index (χ3n) is 0.0902. The van der Waals surface area contributed by atoms with Gasteiger partial charge in [-0.05, 0) is 5.55 Å². The SMILES string of the molecule is O=[S-](O)=CO. The highest BCUT2D eigenvalue weighted by Crippen LogP contribution is 1.39. The topological polar surface area (TPSA) is 57.5 Å². The summed E-state index contributed by atoms with van der Waals surface area (Å²) in [5.41, 5.74) is 0.194. The highest BCUT2D eigenvalue weighted by molar-refractivity contribution is 7.77. The highest BCUT2D eigenvalue weighted by Gasteiger charge is 1.34. The van der Waals surface area contributed by atoms with E-state index in [1.807, 2.05) is 0 Å². The molecule has 0 unspecified atom stereocenters. The van der Waals surface area contributed by atoms with Crippen LogP contribution in [0.3, 0.4) is 0 Å². The Hall–Kier alpha value is -0.0600. The fraction of sp³-hybridized carbons (Fsp3) is 0. The molecule has 0 rings (SSSR count). The first-order valence-corrected chi connectivity index (χ1v) is 2.01. The molecule has 0 saturated carbocycles. The Balaban J connectivity index is 3.62. The van der Waals surface area contributed by atoms with Crippen LogP contribution in [0, 0.1) is 0 Å². The lowest BCUT2D eigenvalue weighted by atomic mass is 11.8. The first kappa shape index (κ1) is 4.94. The lowest BCUT2D eigenvalue weighted by Gasteiger charge is -1.77. The van der Waals surface area contributed by atoms with E-state index in [2.05, 4.69) is 0 Å². The molecule has 2 N–H and O–H groups in total. The smallest absolute Gasteiger partial charge is 0.0339 e. The van der Waals surface area contributed by atoms with Gasteiger partial charge in [-0.15, -0.1) is 10.7 Å². The van der Waals surface area contributed by atoms with Gasteiger partial charge in [-0.3, -0.25) is 0 Å². The first-order valence-electron chi connectivity index (χ1n) is 0.843. The molecule has 0 radical (unpaired) electrons. The molecule has 0 spiro atoms. The van der Waals surface area contributed by atoms with E-state index in [9.17, 15) is 4.21 Å². The van der Waals surface area contributed by atoms with E-state index in [1.165, 1.54) is 0 Å². The second kappa shape index (κ2) is 2.19. The van der Waals surface area contributed by atoms with Gasteiger partial charge < -0.3 is 13.9 Å². The minimum absolute atomic E-state index is 0.194. The van der Waals surface area contributed by atoms with Crippen molar-refractivity contribution in [3.8, 4) is 0 Å². The summed E-state index contributed by atoms with van der Waals surface area (Å²) in [6, 6.07) is 0. The quantitative estimate of drug-likeness (QED) is 0.247. The summed E-state index contributed by atoms with van der Waals surface area (Å²) in [4.78, 5) is 0. The van der Waals surface area contributed by atoms with Crippen LogP contribution in [0.15, 0.2) is 0 Å². The van der Waals surface area contributed by atoms with Gasteiger partial charge in [0.15, 0.2) is 0 Å². The number of aliphatic hydroxyl groups excluding tert-OH is 1. The molecule has 0 heterocycles. The summed E-state index contributed by atoms with van der Waals surface area (Å²) in [5, 5.41) is 7.47. The normalized spacial score (nSPS) is 15.6. The van der Waals surface area contributed by atoms with Crippen LogP contribution in [0.4, 0.5) is 0 Å². The van der Waals surface area contributed by atoms with Gasteiger partial charge in [0.1, 0.15) is 0 Å². The molecule has 0 fully saturated rings. The van der Waals surface area contributed by atoms with Gasteiger partial charge >= 0.3 is 0 Å². The zero-order chi connectivity index (χ0) is 4.28. The molecule has 4 heteroatoms. The van der Waals surface area contributed by atoms with Crippen molar-refractivity contribution in [3.05, 3.63) is 0 Å². The second-order valence-corrected chi connectivity index (χ2v) is 1.14. The molecule has 0 aliphatic rings. The fourth-order valence-electron chi connectivity index (χ4n) is 0. The summed E-state index contributed by atoms with van der Waals surface area (Å²) in [7, 11) is -2.14. The van der Waals surface area contributed by atoms with Crippen molar-refractivity contribution in [2.45, 2.75) is 0 Å². The Morgan fingerprint density at radius 2 is 2.00 bits per heavy atom. The summed E-state index contributed by atoms with van der Waals surface area (Å²) in [5.74, 6) is 0. The van der Waals surface area contributed by atoms with Crippen LogP contribution in [-0.4, -0.2) is 15.2 Å². The molecular formula is CH3O3S-. The molecule has 0 saturated heterocycles. The third-order valence-corrected chi connectivity index (χ3v) is 0.271. The Bertz CT molecular complexity index is 78.9. The van der Waals surface area contributed by atoms with Gasteiger partial charge in [-0.25, -0.2) is 0 Å². The van der Waals surface area contributed by atoms with Crippen molar-refractivity contribution in [3.63, 3.8) is 0 Å². The standard InChI is InChI=1S/CH3O3S/c2-1-5(3)4/h1-2H,(H,3,4)/q-1. The van der Waals surface area contributed by atoms with Crippen LogP contribution in [-0.2, 0) is 14.9 Å². The molecule has 3 nitrogen and oxygen atoms in total. The van der Waals surface area contributed by atoms with Crippen molar-refractivity contribution < 1.29 is 13.9 Å². The molecule has 0 aromatic rings. The maximum atomic E-state index is 9.17. The molecule has 32 valence electrons. The number of rotatable bonds is 0. The zero-order valence-electron chi connectivity index (χ0n) is 2.29. The molecule has 0 aliphatic heterocycles. The van der Waals surface area contributed by atoms with Gasteiger partial charge in [0, 0.05) is 0 Å². The van der Waals surface area contributed by atoms with Gasteiger partial charge in [-0.1, -0.05) is 0 Å². The van der Waals surface area contributed by atoms with Crippen LogP contribution in [0.5, 0.6) is 0 Å². The number of aliphatic hydroxyl groups is 1. The molecule has 0 aliphatic carbocycles. The zero-order valence-corrected chi connectivity index (χ0v) is 3.10. The van der Waals surface area contributed by atoms with E-state index in [0.29, 0.717) is 0 Å². The third kappa shape index (κ3) is 3.94. The predicted molar refractivity (Wildman–Crippen MR) is 19.4 cm³/mol. The van der Waals surface area contributed by atoms with Crippen LogP contribution < -0.4 is 0 Å². The number of hydrogen-bond acceptors (Lipinski definition) is 2. The molecule has 0 aromatic heterocycles. The van der Waals surface area contributed by atoms with Gasteiger partial charge in [0.25, 0.3) is 0 Å². The average Bonchev–Trinajstić information content (AvgIpc) is 1.38.